The van der Waals surface area contributed by atoms with E-state index in [9.17, 15) is 0 Å². The first-order valence-corrected chi connectivity index (χ1v) is 11.1. The molecule has 3 heterocycles. The van der Waals surface area contributed by atoms with Crippen LogP contribution in [0.1, 0.15) is 32.1 Å². The predicted octanol–water partition coefficient (Wildman–Crippen LogP) is 0.454. The first-order valence-electron chi connectivity index (χ1n) is 11.1. The lowest BCUT2D eigenvalue weighted by Crippen LogP contribution is -3.18. The van der Waals surface area contributed by atoms with E-state index in [4.69, 9.17) is 23.7 Å². The van der Waals surface area contributed by atoms with Crippen molar-refractivity contribution in [1.29, 1.82) is 0 Å². The van der Waals surface area contributed by atoms with Crippen molar-refractivity contribution < 1.29 is 28.6 Å². The van der Waals surface area contributed by atoms with E-state index in [0.717, 1.165) is 18.8 Å². The Morgan fingerprint density at radius 3 is 2.44 bits per heavy atom. The smallest absolute Gasteiger partial charge is 0.147 e. The number of hydrogen-bond donors (Lipinski definition) is 1. The Morgan fingerprint density at radius 2 is 1.59 bits per heavy atom. The molecule has 27 heavy (non-hydrogen) atoms. The summed E-state index contributed by atoms with van der Waals surface area (Å²) in [6.07, 6.45) is 7.58. The van der Waals surface area contributed by atoms with E-state index in [2.05, 4.69) is 7.05 Å². The molecule has 3 saturated heterocycles. The topological polar surface area (TPSA) is 50.6 Å². The zero-order valence-electron chi connectivity index (χ0n) is 16.5. The molecule has 0 aromatic heterocycles. The summed E-state index contributed by atoms with van der Waals surface area (Å²) in [5.41, 5.74) is 0. The standard InChI is InChI=1S/C21H33NO5/c1-22-8-14-12(3-4-15-21(14)27-10-24-15)19-18(23-2)6-11-5-16-17(26-9-25-16)7-13(11)20(19)22/h11-21H,3-10H2,1-2H3/p+1. The van der Waals surface area contributed by atoms with Gasteiger partial charge < -0.3 is 28.6 Å². The molecule has 0 radical (unpaired) electrons. The van der Waals surface area contributed by atoms with E-state index < -0.39 is 0 Å². The van der Waals surface area contributed by atoms with Gasteiger partial charge in [-0.2, -0.15) is 0 Å². The van der Waals surface area contributed by atoms with E-state index in [1.807, 2.05) is 7.11 Å². The third-order valence-corrected chi connectivity index (χ3v) is 9.05. The molecule has 3 aliphatic carbocycles. The van der Waals surface area contributed by atoms with Gasteiger partial charge >= 0.3 is 0 Å². The Hall–Kier alpha value is -0.240. The Balaban J connectivity index is 1.32. The molecular weight excluding hydrogens is 346 g/mol. The third kappa shape index (κ3) is 2.60. The largest absolute Gasteiger partial charge is 0.381 e. The zero-order valence-corrected chi connectivity index (χ0v) is 16.5. The van der Waals surface area contributed by atoms with Gasteiger partial charge in [0.05, 0.1) is 50.2 Å². The molecule has 6 rings (SSSR count). The number of fused-ring (bicyclic) bond motifs is 8. The van der Waals surface area contributed by atoms with Crippen molar-refractivity contribution in [3.8, 4) is 0 Å². The van der Waals surface area contributed by atoms with Crippen LogP contribution in [0.25, 0.3) is 0 Å². The van der Waals surface area contributed by atoms with Crippen LogP contribution in [-0.2, 0) is 23.7 Å². The molecule has 6 heteroatoms. The van der Waals surface area contributed by atoms with Gasteiger partial charge in [0.1, 0.15) is 13.6 Å². The Bertz CT molecular complexity index is 575. The highest BCUT2D eigenvalue weighted by atomic mass is 16.7. The number of quaternary nitrogens is 1. The Morgan fingerprint density at radius 1 is 0.815 bits per heavy atom. The van der Waals surface area contributed by atoms with Crippen LogP contribution in [0.2, 0.25) is 0 Å². The van der Waals surface area contributed by atoms with Crippen LogP contribution in [0.15, 0.2) is 0 Å². The van der Waals surface area contributed by atoms with Crippen LogP contribution in [0.4, 0.5) is 0 Å². The molecule has 0 aromatic carbocycles. The number of methoxy groups -OCH3 is 1. The molecule has 0 spiro atoms. The van der Waals surface area contributed by atoms with Gasteiger partial charge in [-0.25, -0.2) is 0 Å². The van der Waals surface area contributed by atoms with E-state index in [1.54, 1.807) is 4.90 Å². The monoisotopic (exact) mass is 380 g/mol. The van der Waals surface area contributed by atoms with Gasteiger partial charge in [-0.05, 0) is 43.9 Å². The summed E-state index contributed by atoms with van der Waals surface area (Å²) in [6, 6.07) is 0.680. The van der Waals surface area contributed by atoms with Crippen LogP contribution in [0.3, 0.4) is 0 Å². The van der Waals surface area contributed by atoms with Crippen LogP contribution >= 0.6 is 0 Å². The molecule has 3 aliphatic heterocycles. The van der Waals surface area contributed by atoms with E-state index in [-0.39, 0.29) is 0 Å². The summed E-state index contributed by atoms with van der Waals surface area (Å²) in [4.78, 5) is 1.69. The first-order chi connectivity index (χ1) is 13.2. The molecule has 12 unspecified atom stereocenters. The van der Waals surface area contributed by atoms with Crippen molar-refractivity contribution >= 4 is 0 Å². The van der Waals surface area contributed by atoms with E-state index in [0.29, 0.717) is 73.8 Å². The lowest BCUT2D eigenvalue weighted by molar-refractivity contribution is -0.929. The molecule has 6 aliphatic rings. The lowest BCUT2D eigenvalue weighted by atomic mass is 9.54. The van der Waals surface area contributed by atoms with Crippen molar-refractivity contribution in [3.05, 3.63) is 0 Å². The molecule has 1 N–H and O–H groups in total. The minimum atomic E-state index is 0.303. The second kappa shape index (κ2) is 6.64. The molecule has 3 saturated carbocycles. The molecule has 0 aromatic rings. The van der Waals surface area contributed by atoms with Crippen LogP contribution in [-0.4, -0.2) is 70.8 Å². The van der Waals surface area contributed by atoms with E-state index >= 15 is 0 Å². The summed E-state index contributed by atoms with van der Waals surface area (Å²) < 4.78 is 29.9. The number of rotatable bonds is 1. The van der Waals surface area contributed by atoms with E-state index in [1.165, 1.54) is 25.8 Å². The van der Waals surface area contributed by atoms with Crippen LogP contribution in [0, 0.1) is 29.6 Å². The van der Waals surface area contributed by atoms with Crippen molar-refractivity contribution in [2.24, 2.45) is 29.6 Å². The van der Waals surface area contributed by atoms with Gasteiger partial charge in [-0.1, -0.05) is 0 Å². The molecule has 12 atom stereocenters. The van der Waals surface area contributed by atoms with Gasteiger partial charge in [0, 0.05) is 24.9 Å². The Kier molecular flexibility index (Phi) is 4.33. The van der Waals surface area contributed by atoms with Crippen LogP contribution < -0.4 is 4.90 Å². The molecule has 152 valence electrons. The summed E-state index contributed by atoms with van der Waals surface area (Å²) in [7, 11) is 4.35. The minimum Gasteiger partial charge on any atom is -0.381 e. The van der Waals surface area contributed by atoms with Gasteiger partial charge in [-0.3, -0.25) is 0 Å². The summed E-state index contributed by atoms with van der Waals surface area (Å²) in [5, 5.41) is 0. The average molecular weight is 381 g/mol. The maximum atomic E-state index is 6.17. The maximum absolute atomic E-state index is 6.17. The normalized spacial score (nSPS) is 59.3. The average Bonchev–Trinajstić information content (AvgIpc) is 3.34. The summed E-state index contributed by atoms with van der Waals surface area (Å²) >= 11 is 0. The zero-order chi connectivity index (χ0) is 18.1. The number of hydrogen-bond acceptors (Lipinski definition) is 5. The van der Waals surface area contributed by atoms with Crippen LogP contribution in [0.5, 0.6) is 0 Å². The number of piperidine rings is 1. The maximum Gasteiger partial charge on any atom is 0.147 e. The fourth-order valence-corrected chi connectivity index (χ4v) is 8.10. The second-order valence-corrected chi connectivity index (χ2v) is 9.95. The Labute approximate surface area is 161 Å². The number of ether oxygens (including phenoxy) is 5. The van der Waals surface area contributed by atoms with Crippen molar-refractivity contribution in [3.63, 3.8) is 0 Å². The van der Waals surface area contributed by atoms with Crippen molar-refractivity contribution in [2.45, 2.75) is 68.7 Å². The lowest BCUT2D eigenvalue weighted by Gasteiger charge is -2.58. The van der Waals surface area contributed by atoms with Gasteiger partial charge in [0.25, 0.3) is 0 Å². The highest BCUT2D eigenvalue weighted by molar-refractivity contribution is 5.06. The minimum absolute atomic E-state index is 0.303. The molecule has 6 fully saturated rings. The quantitative estimate of drug-likeness (QED) is 0.716. The van der Waals surface area contributed by atoms with Gasteiger partial charge in [-0.15, -0.1) is 0 Å². The van der Waals surface area contributed by atoms with Crippen molar-refractivity contribution in [1.82, 2.24) is 0 Å². The second-order valence-electron chi connectivity index (χ2n) is 9.95. The highest BCUT2D eigenvalue weighted by Crippen LogP contribution is 2.52. The van der Waals surface area contributed by atoms with Crippen molar-refractivity contribution in [2.75, 3.05) is 34.3 Å². The van der Waals surface area contributed by atoms with Gasteiger partial charge in [0.2, 0.25) is 0 Å². The SMILES string of the molecule is COC1CC2CC3OCOC3CC2C2C1C1CCC3OCOC3C1C[NH+]2C. The van der Waals surface area contributed by atoms with Gasteiger partial charge in [0.15, 0.2) is 0 Å². The number of likely N-dealkylation sites (tertiary alicyclic amines) is 1. The molecular formula is C21H34NO5+. The fourth-order valence-electron chi connectivity index (χ4n) is 8.10. The molecule has 6 nitrogen and oxygen atoms in total. The summed E-state index contributed by atoms with van der Waals surface area (Å²) in [5.74, 6) is 3.42. The summed E-state index contributed by atoms with van der Waals surface area (Å²) in [6.45, 7) is 2.19. The number of nitrogens with one attached hydrogen (secondary N) is 1. The first kappa shape index (κ1) is 17.6. The predicted molar refractivity (Wildman–Crippen MR) is 96.1 cm³/mol. The third-order valence-electron chi connectivity index (χ3n) is 9.05. The molecule has 0 bridgehead atoms. The fraction of sp³-hybridized carbons (Fsp3) is 1.00. The molecule has 0 amide bonds. The highest BCUT2D eigenvalue weighted by Gasteiger charge is 2.62.